The fourth-order valence-electron chi connectivity index (χ4n) is 1.95. The van der Waals surface area contributed by atoms with Crippen LogP contribution in [0.1, 0.15) is 6.42 Å². The van der Waals surface area contributed by atoms with E-state index < -0.39 is 17.4 Å². The molecule has 0 radical (unpaired) electrons. The molecular formula is C11H15N3O4. The van der Waals surface area contributed by atoms with Crippen LogP contribution < -0.4 is 11.2 Å². The number of nitrogens with zero attached hydrogens (tertiary/aromatic N) is 3. The SMILES string of the molecule is Cn1c(=O)ccn(CC(=O)N2CC[C@H](O)C2)c1=O. The summed E-state index contributed by atoms with van der Waals surface area (Å²) in [6.07, 6.45) is 1.40. The van der Waals surface area contributed by atoms with Crippen molar-refractivity contribution in [1.29, 1.82) is 0 Å². The Labute approximate surface area is 103 Å². The highest BCUT2D eigenvalue weighted by molar-refractivity contribution is 5.76. The molecule has 0 saturated carbocycles. The Hall–Kier alpha value is -1.89. The van der Waals surface area contributed by atoms with Gasteiger partial charge in [0, 0.05) is 32.4 Å². The van der Waals surface area contributed by atoms with Gasteiger partial charge in [-0.1, -0.05) is 0 Å². The molecule has 1 aliphatic rings. The standard InChI is InChI=1S/C11H15N3O4/c1-12-9(16)3-5-14(11(12)18)7-10(17)13-4-2-8(15)6-13/h3,5,8,15H,2,4,6-7H2,1H3/t8-/m0/s1. The van der Waals surface area contributed by atoms with E-state index in [9.17, 15) is 19.5 Å². The molecule has 2 heterocycles. The van der Waals surface area contributed by atoms with Crippen LogP contribution in [-0.4, -0.2) is 44.2 Å². The van der Waals surface area contributed by atoms with Gasteiger partial charge in [0.25, 0.3) is 5.56 Å². The average molecular weight is 253 g/mol. The van der Waals surface area contributed by atoms with Crippen LogP contribution in [0.3, 0.4) is 0 Å². The number of hydrogen-bond acceptors (Lipinski definition) is 4. The molecule has 0 unspecified atom stereocenters. The second-order valence-corrected chi connectivity index (χ2v) is 4.41. The van der Waals surface area contributed by atoms with Crippen molar-refractivity contribution in [3.05, 3.63) is 33.1 Å². The number of β-amino-alcohol motifs (C(OH)–C–C–N with tert-alkyl or cyclic N) is 1. The second-order valence-electron chi connectivity index (χ2n) is 4.41. The summed E-state index contributed by atoms with van der Waals surface area (Å²) < 4.78 is 2.14. The maximum absolute atomic E-state index is 11.9. The Kier molecular flexibility index (Phi) is 3.33. The van der Waals surface area contributed by atoms with Gasteiger partial charge in [0.2, 0.25) is 5.91 Å². The lowest BCUT2D eigenvalue weighted by Gasteiger charge is -2.16. The molecule has 0 aliphatic carbocycles. The molecule has 18 heavy (non-hydrogen) atoms. The summed E-state index contributed by atoms with van der Waals surface area (Å²) in [7, 11) is 1.37. The molecule has 1 aromatic heterocycles. The van der Waals surface area contributed by atoms with Crippen molar-refractivity contribution in [1.82, 2.24) is 14.0 Å². The largest absolute Gasteiger partial charge is 0.391 e. The second kappa shape index (κ2) is 4.77. The highest BCUT2D eigenvalue weighted by Gasteiger charge is 2.24. The molecular weight excluding hydrogens is 238 g/mol. The van der Waals surface area contributed by atoms with Crippen molar-refractivity contribution in [2.24, 2.45) is 7.05 Å². The monoisotopic (exact) mass is 253 g/mol. The summed E-state index contributed by atoms with van der Waals surface area (Å²) in [5.41, 5.74) is -0.920. The summed E-state index contributed by atoms with van der Waals surface area (Å²) in [5, 5.41) is 9.34. The van der Waals surface area contributed by atoms with Gasteiger partial charge in [-0.3, -0.25) is 18.7 Å². The fraction of sp³-hybridized carbons (Fsp3) is 0.545. The zero-order valence-electron chi connectivity index (χ0n) is 10.1. The molecule has 1 aliphatic heterocycles. The first-order valence-corrected chi connectivity index (χ1v) is 5.71. The summed E-state index contributed by atoms with van der Waals surface area (Å²) in [6, 6.07) is 1.24. The van der Waals surface area contributed by atoms with Crippen molar-refractivity contribution in [3.63, 3.8) is 0 Å². The van der Waals surface area contributed by atoms with Crippen LogP contribution >= 0.6 is 0 Å². The van der Waals surface area contributed by atoms with Gasteiger partial charge in [0.05, 0.1) is 6.10 Å². The molecule has 7 nitrogen and oxygen atoms in total. The number of carbonyl (C=O) groups excluding carboxylic acids is 1. The predicted molar refractivity (Wildman–Crippen MR) is 63.1 cm³/mol. The van der Waals surface area contributed by atoms with Gasteiger partial charge in [-0.2, -0.15) is 0 Å². The highest BCUT2D eigenvalue weighted by Crippen LogP contribution is 2.08. The van der Waals surface area contributed by atoms with Crippen LogP contribution in [0.5, 0.6) is 0 Å². The van der Waals surface area contributed by atoms with E-state index in [1.807, 2.05) is 0 Å². The van der Waals surface area contributed by atoms with Crippen LogP contribution in [0, 0.1) is 0 Å². The lowest BCUT2D eigenvalue weighted by molar-refractivity contribution is -0.131. The Morgan fingerprint density at radius 3 is 2.83 bits per heavy atom. The number of amides is 1. The lowest BCUT2D eigenvalue weighted by atomic mass is 10.3. The summed E-state index contributed by atoms with van der Waals surface area (Å²) in [6.45, 7) is 0.694. The van der Waals surface area contributed by atoms with Crippen molar-refractivity contribution in [2.45, 2.75) is 19.1 Å². The van der Waals surface area contributed by atoms with E-state index in [0.717, 1.165) is 4.57 Å². The topological polar surface area (TPSA) is 84.5 Å². The van der Waals surface area contributed by atoms with Crippen molar-refractivity contribution < 1.29 is 9.90 Å². The number of aliphatic hydroxyl groups is 1. The summed E-state index contributed by atoms with van der Waals surface area (Å²) >= 11 is 0. The van der Waals surface area contributed by atoms with Crippen LogP contribution in [0.2, 0.25) is 0 Å². The minimum atomic E-state index is -0.518. The van der Waals surface area contributed by atoms with E-state index in [-0.39, 0.29) is 12.5 Å². The number of likely N-dealkylation sites (tertiary alicyclic amines) is 1. The molecule has 0 spiro atoms. The molecule has 1 saturated heterocycles. The Morgan fingerprint density at radius 2 is 2.22 bits per heavy atom. The van der Waals surface area contributed by atoms with Gasteiger partial charge in [-0.25, -0.2) is 4.79 Å². The molecule has 0 bridgehead atoms. The lowest BCUT2D eigenvalue weighted by Crippen LogP contribution is -2.41. The summed E-state index contributed by atoms with van der Waals surface area (Å²) in [5.74, 6) is -0.229. The first-order chi connectivity index (χ1) is 8.49. The first kappa shape index (κ1) is 12.6. The Balaban J connectivity index is 2.15. The van der Waals surface area contributed by atoms with Crippen LogP contribution in [0.15, 0.2) is 21.9 Å². The van der Waals surface area contributed by atoms with Gasteiger partial charge in [-0.15, -0.1) is 0 Å². The minimum Gasteiger partial charge on any atom is -0.391 e. The maximum Gasteiger partial charge on any atom is 0.331 e. The van der Waals surface area contributed by atoms with E-state index in [4.69, 9.17) is 0 Å². The minimum absolute atomic E-state index is 0.111. The smallest absolute Gasteiger partial charge is 0.331 e. The predicted octanol–water partition coefficient (Wildman–Crippen LogP) is -1.86. The van der Waals surface area contributed by atoms with E-state index in [2.05, 4.69) is 0 Å². The van der Waals surface area contributed by atoms with Crippen LogP contribution in [0.25, 0.3) is 0 Å². The van der Waals surface area contributed by atoms with Gasteiger partial charge < -0.3 is 10.0 Å². The van der Waals surface area contributed by atoms with E-state index in [0.29, 0.717) is 19.5 Å². The number of aliphatic hydroxyl groups excluding tert-OH is 1. The number of aromatic nitrogens is 2. The van der Waals surface area contributed by atoms with Crippen molar-refractivity contribution >= 4 is 5.91 Å². The quantitative estimate of drug-likeness (QED) is 0.670. The highest BCUT2D eigenvalue weighted by atomic mass is 16.3. The Morgan fingerprint density at radius 1 is 1.50 bits per heavy atom. The molecule has 1 aromatic rings. The summed E-state index contributed by atoms with van der Waals surface area (Å²) in [4.78, 5) is 36.3. The Bertz CT molecular complexity index is 574. The van der Waals surface area contributed by atoms with Gasteiger partial charge in [-0.05, 0) is 6.42 Å². The third kappa shape index (κ3) is 2.35. The van der Waals surface area contributed by atoms with Crippen molar-refractivity contribution in [2.75, 3.05) is 13.1 Å². The molecule has 1 N–H and O–H groups in total. The first-order valence-electron chi connectivity index (χ1n) is 5.71. The molecule has 1 amide bonds. The third-order valence-electron chi connectivity index (χ3n) is 3.08. The van der Waals surface area contributed by atoms with E-state index in [1.165, 1.54) is 28.8 Å². The third-order valence-corrected chi connectivity index (χ3v) is 3.08. The molecule has 2 rings (SSSR count). The molecule has 1 fully saturated rings. The number of rotatable bonds is 2. The van der Waals surface area contributed by atoms with Crippen molar-refractivity contribution in [3.8, 4) is 0 Å². The zero-order valence-corrected chi connectivity index (χ0v) is 10.1. The van der Waals surface area contributed by atoms with Gasteiger partial charge in [0.1, 0.15) is 6.54 Å². The van der Waals surface area contributed by atoms with Crippen LogP contribution in [-0.2, 0) is 18.4 Å². The molecule has 7 heteroatoms. The number of carbonyl (C=O) groups is 1. The molecule has 1 atom stereocenters. The molecule has 98 valence electrons. The van der Waals surface area contributed by atoms with E-state index in [1.54, 1.807) is 0 Å². The van der Waals surface area contributed by atoms with E-state index >= 15 is 0 Å². The van der Waals surface area contributed by atoms with Gasteiger partial charge >= 0.3 is 5.69 Å². The molecule has 0 aromatic carbocycles. The number of hydrogen-bond donors (Lipinski definition) is 1. The average Bonchev–Trinajstić information content (AvgIpc) is 2.77. The zero-order chi connectivity index (χ0) is 13.3. The fourth-order valence-corrected chi connectivity index (χ4v) is 1.95. The normalized spacial score (nSPS) is 19.2. The maximum atomic E-state index is 11.9. The van der Waals surface area contributed by atoms with Crippen LogP contribution in [0.4, 0.5) is 0 Å². The van der Waals surface area contributed by atoms with Gasteiger partial charge in [0.15, 0.2) is 0 Å².